The highest BCUT2D eigenvalue weighted by atomic mass is 16.1. The average Bonchev–Trinajstić information content (AvgIpc) is 3.12. The lowest BCUT2D eigenvalue weighted by atomic mass is 10.0. The lowest BCUT2D eigenvalue weighted by Crippen LogP contribution is -2.11. The van der Waals surface area contributed by atoms with Crippen LogP contribution in [0.4, 0.5) is 5.69 Å². The average molecular weight is 356 g/mol. The number of rotatable bonds is 4. The van der Waals surface area contributed by atoms with Crippen molar-refractivity contribution in [1.29, 1.82) is 0 Å². The van der Waals surface area contributed by atoms with Crippen molar-refractivity contribution in [1.82, 2.24) is 15.0 Å². The molecule has 27 heavy (non-hydrogen) atoms. The fourth-order valence-electron chi connectivity index (χ4n) is 2.89. The molecule has 1 N–H and O–H groups in total. The second-order valence-electron chi connectivity index (χ2n) is 6.76. The molecule has 0 fully saturated rings. The molecule has 0 saturated heterocycles. The van der Waals surface area contributed by atoms with E-state index in [1.165, 1.54) is 5.56 Å². The molecule has 134 valence electrons. The predicted molar refractivity (Wildman–Crippen MR) is 107 cm³/mol. The van der Waals surface area contributed by atoms with Gasteiger partial charge in [-0.2, -0.15) is 4.80 Å². The van der Waals surface area contributed by atoms with Gasteiger partial charge in [-0.1, -0.05) is 44.2 Å². The normalized spacial score (nSPS) is 11.1. The molecule has 0 atom stereocenters. The molecule has 0 unspecified atom stereocenters. The minimum atomic E-state index is -0.147. The molecule has 4 aromatic rings. The largest absolute Gasteiger partial charge is 0.322 e. The maximum absolute atomic E-state index is 12.3. The molecule has 0 saturated carbocycles. The summed E-state index contributed by atoms with van der Waals surface area (Å²) in [6.45, 7) is 4.33. The maximum atomic E-state index is 12.3. The van der Waals surface area contributed by atoms with E-state index in [1.54, 1.807) is 16.9 Å². The summed E-state index contributed by atoms with van der Waals surface area (Å²) in [7, 11) is 0. The van der Waals surface area contributed by atoms with Crippen molar-refractivity contribution in [2.24, 2.45) is 0 Å². The molecule has 0 spiro atoms. The molecule has 0 aliphatic heterocycles. The Bertz CT molecular complexity index is 1080. The number of carbonyl (C=O) groups is 1. The molecule has 0 aliphatic rings. The summed E-state index contributed by atoms with van der Waals surface area (Å²) < 4.78 is 0. The molecule has 3 aromatic carbocycles. The Morgan fingerprint density at radius 1 is 0.889 bits per heavy atom. The van der Waals surface area contributed by atoms with Crippen LogP contribution in [0.3, 0.4) is 0 Å². The summed E-state index contributed by atoms with van der Waals surface area (Å²) in [5.74, 6) is 0.339. The Hall–Kier alpha value is -3.47. The zero-order chi connectivity index (χ0) is 18.8. The molecule has 5 heteroatoms. The molecule has 1 aromatic heterocycles. The summed E-state index contributed by atoms with van der Waals surface area (Å²) >= 11 is 0. The van der Waals surface area contributed by atoms with Crippen molar-refractivity contribution in [3.63, 3.8) is 0 Å². The van der Waals surface area contributed by atoms with Crippen molar-refractivity contribution in [2.75, 3.05) is 5.32 Å². The first kappa shape index (κ1) is 17.0. The number of nitrogens with zero attached hydrogens (tertiary/aromatic N) is 3. The van der Waals surface area contributed by atoms with Gasteiger partial charge in [0.05, 0.1) is 5.69 Å². The molecule has 0 radical (unpaired) electrons. The van der Waals surface area contributed by atoms with Gasteiger partial charge < -0.3 is 5.32 Å². The summed E-state index contributed by atoms with van der Waals surface area (Å²) in [5, 5.41) is 12.0. The molecule has 1 amide bonds. The Balaban J connectivity index is 1.59. The van der Waals surface area contributed by atoms with Gasteiger partial charge in [0.1, 0.15) is 11.0 Å². The molecule has 5 nitrogen and oxygen atoms in total. The predicted octanol–water partition coefficient (Wildman–Crippen LogP) is 4.80. The summed E-state index contributed by atoms with van der Waals surface area (Å²) in [6, 6.07) is 22.9. The number of benzene rings is 3. The summed E-state index contributed by atoms with van der Waals surface area (Å²) in [5.41, 5.74) is 5.01. The fraction of sp³-hybridized carbons (Fsp3) is 0.136. The minimum Gasteiger partial charge on any atom is -0.322 e. The summed E-state index contributed by atoms with van der Waals surface area (Å²) in [4.78, 5) is 13.9. The molecule has 1 heterocycles. The summed E-state index contributed by atoms with van der Waals surface area (Å²) in [6.07, 6.45) is 0. The smallest absolute Gasteiger partial charge is 0.255 e. The number of carbonyl (C=O) groups excluding carboxylic acids is 1. The molecular weight excluding hydrogens is 336 g/mol. The van der Waals surface area contributed by atoms with Crippen LogP contribution in [0.25, 0.3) is 16.7 Å². The van der Waals surface area contributed by atoms with Crippen LogP contribution in [0, 0.1) is 0 Å². The van der Waals surface area contributed by atoms with Gasteiger partial charge >= 0.3 is 0 Å². The lowest BCUT2D eigenvalue weighted by Gasteiger charge is -2.05. The van der Waals surface area contributed by atoms with Crippen LogP contribution in [0.15, 0.2) is 72.8 Å². The fourth-order valence-corrected chi connectivity index (χ4v) is 2.89. The van der Waals surface area contributed by atoms with Crippen molar-refractivity contribution >= 4 is 22.6 Å². The van der Waals surface area contributed by atoms with Gasteiger partial charge in [0.15, 0.2) is 0 Å². The number of aromatic nitrogens is 3. The van der Waals surface area contributed by atoms with Crippen LogP contribution in [-0.2, 0) is 0 Å². The van der Waals surface area contributed by atoms with Gasteiger partial charge in [-0.3, -0.25) is 4.79 Å². The van der Waals surface area contributed by atoms with Gasteiger partial charge in [0.2, 0.25) is 0 Å². The molecule has 0 bridgehead atoms. The van der Waals surface area contributed by atoms with Crippen LogP contribution >= 0.6 is 0 Å². The number of amides is 1. The maximum Gasteiger partial charge on any atom is 0.255 e. The number of fused-ring (bicyclic) bond motifs is 1. The van der Waals surface area contributed by atoms with E-state index in [9.17, 15) is 4.79 Å². The Morgan fingerprint density at radius 2 is 1.59 bits per heavy atom. The minimum absolute atomic E-state index is 0.147. The van der Waals surface area contributed by atoms with Gasteiger partial charge in [-0.25, -0.2) is 0 Å². The van der Waals surface area contributed by atoms with E-state index in [-0.39, 0.29) is 5.91 Å². The molecule has 4 rings (SSSR count). The standard InChI is InChI=1S/C22H20N4O/c1-15(2)16-8-11-19(12-9-16)26-24-20-13-10-18(14-21(20)25-26)23-22(27)17-6-4-3-5-7-17/h3-15H,1-2H3,(H,23,27). The van der Waals surface area contributed by atoms with E-state index in [0.717, 1.165) is 16.7 Å². The highest BCUT2D eigenvalue weighted by molar-refractivity contribution is 6.04. The zero-order valence-electron chi connectivity index (χ0n) is 15.3. The Labute approximate surface area is 157 Å². The monoisotopic (exact) mass is 356 g/mol. The molecular formula is C22H20N4O. The highest BCUT2D eigenvalue weighted by Gasteiger charge is 2.09. The van der Waals surface area contributed by atoms with Gasteiger partial charge in [-0.05, 0) is 53.9 Å². The molecule has 0 aliphatic carbocycles. The van der Waals surface area contributed by atoms with Crippen LogP contribution in [-0.4, -0.2) is 20.9 Å². The van der Waals surface area contributed by atoms with Crippen LogP contribution in [0.5, 0.6) is 0 Å². The highest BCUT2D eigenvalue weighted by Crippen LogP contribution is 2.20. The Morgan fingerprint density at radius 3 is 2.30 bits per heavy atom. The SMILES string of the molecule is CC(C)c1ccc(-n2nc3ccc(NC(=O)c4ccccc4)cc3n2)cc1. The topological polar surface area (TPSA) is 59.8 Å². The van der Waals surface area contributed by atoms with E-state index in [2.05, 4.69) is 41.5 Å². The van der Waals surface area contributed by atoms with E-state index >= 15 is 0 Å². The van der Waals surface area contributed by atoms with Crippen LogP contribution < -0.4 is 5.32 Å². The van der Waals surface area contributed by atoms with Crippen molar-refractivity contribution in [2.45, 2.75) is 19.8 Å². The second-order valence-corrected chi connectivity index (χ2v) is 6.76. The number of nitrogens with one attached hydrogen (secondary N) is 1. The van der Waals surface area contributed by atoms with E-state index < -0.39 is 0 Å². The first-order valence-corrected chi connectivity index (χ1v) is 8.94. The zero-order valence-corrected chi connectivity index (χ0v) is 15.3. The van der Waals surface area contributed by atoms with Crippen molar-refractivity contribution in [3.8, 4) is 5.69 Å². The lowest BCUT2D eigenvalue weighted by molar-refractivity contribution is 0.102. The van der Waals surface area contributed by atoms with E-state index in [1.807, 2.05) is 48.5 Å². The van der Waals surface area contributed by atoms with Gasteiger partial charge in [-0.15, -0.1) is 10.2 Å². The number of hydrogen-bond donors (Lipinski definition) is 1. The number of hydrogen-bond acceptors (Lipinski definition) is 3. The number of anilines is 1. The van der Waals surface area contributed by atoms with Gasteiger partial charge in [0.25, 0.3) is 5.91 Å². The third-order valence-electron chi connectivity index (χ3n) is 4.46. The second kappa shape index (κ2) is 7.03. The van der Waals surface area contributed by atoms with Crippen molar-refractivity contribution in [3.05, 3.63) is 83.9 Å². The third-order valence-corrected chi connectivity index (χ3v) is 4.46. The first-order chi connectivity index (χ1) is 13.1. The van der Waals surface area contributed by atoms with Crippen LogP contribution in [0.2, 0.25) is 0 Å². The van der Waals surface area contributed by atoms with Crippen molar-refractivity contribution < 1.29 is 4.79 Å². The first-order valence-electron chi connectivity index (χ1n) is 8.94. The quantitative estimate of drug-likeness (QED) is 0.571. The Kier molecular flexibility index (Phi) is 4.42. The third kappa shape index (κ3) is 3.58. The van der Waals surface area contributed by atoms with E-state index in [4.69, 9.17) is 0 Å². The van der Waals surface area contributed by atoms with Crippen LogP contribution in [0.1, 0.15) is 35.7 Å². The van der Waals surface area contributed by atoms with E-state index in [0.29, 0.717) is 17.2 Å². The van der Waals surface area contributed by atoms with Gasteiger partial charge in [0, 0.05) is 11.3 Å².